The smallest absolute Gasteiger partial charge is 0.0957 e. The van der Waals surface area contributed by atoms with E-state index in [0.717, 1.165) is 44.8 Å². The van der Waals surface area contributed by atoms with Gasteiger partial charge in [0.25, 0.3) is 0 Å². The monoisotopic (exact) mass is 367 g/mol. The molecule has 1 fully saturated rings. The van der Waals surface area contributed by atoms with Crippen LogP contribution >= 0.6 is 0 Å². The quantitative estimate of drug-likeness (QED) is 0.523. The molecule has 0 radical (unpaired) electrons. The average Bonchev–Trinajstić information content (AvgIpc) is 3.12. The first kappa shape index (κ1) is 21.3. The van der Waals surface area contributed by atoms with Crippen molar-refractivity contribution in [2.24, 2.45) is 0 Å². The van der Waals surface area contributed by atoms with Crippen molar-refractivity contribution >= 4 is 0 Å². The summed E-state index contributed by atoms with van der Waals surface area (Å²) in [6, 6.07) is 3.49. The minimum absolute atomic E-state index is 0.268. The van der Waals surface area contributed by atoms with Crippen molar-refractivity contribution in [2.75, 3.05) is 45.9 Å². The molecule has 150 valence electrons. The molecule has 1 aliphatic rings. The molecule has 0 saturated carbocycles. The molecule has 4 atom stereocenters. The van der Waals surface area contributed by atoms with E-state index in [4.69, 9.17) is 9.15 Å². The summed E-state index contributed by atoms with van der Waals surface area (Å²) in [6.07, 6.45) is 3.41. The molecule has 0 aromatic carbocycles. The van der Waals surface area contributed by atoms with Crippen LogP contribution in [0.25, 0.3) is 0 Å². The summed E-state index contributed by atoms with van der Waals surface area (Å²) in [5.74, 6) is 0. The van der Waals surface area contributed by atoms with Crippen LogP contribution in [0, 0.1) is 0 Å². The zero-order chi connectivity index (χ0) is 18.6. The maximum Gasteiger partial charge on any atom is 0.0957 e. The molecule has 0 aliphatic carbocycles. The summed E-state index contributed by atoms with van der Waals surface area (Å²) in [5.41, 5.74) is 1.07. The molecule has 0 spiro atoms. The summed E-state index contributed by atoms with van der Waals surface area (Å²) in [6.45, 7) is 13.7. The highest BCUT2D eigenvalue weighted by molar-refractivity contribution is 5.03. The minimum Gasteiger partial charge on any atom is -0.472 e. The maximum atomic E-state index is 5.89. The van der Waals surface area contributed by atoms with Gasteiger partial charge in [0, 0.05) is 69.0 Å². The number of furan rings is 1. The summed E-state index contributed by atoms with van der Waals surface area (Å²) < 4.78 is 11.0. The van der Waals surface area contributed by atoms with E-state index in [1.807, 2.05) is 6.07 Å². The van der Waals surface area contributed by atoms with Gasteiger partial charge >= 0.3 is 0 Å². The van der Waals surface area contributed by atoms with Gasteiger partial charge in [-0.25, -0.2) is 0 Å². The third-order valence-corrected chi connectivity index (χ3v) is 4.55. The Balaban J connectivity index is 1.81. The number of nitrogens with one attached hydrogen (secondary N) is 5. The molecule has 1 saturated heterocycles. The number of rotatable bonds is 4. The van der Waals surface area contributed by atoms with E-state index in [1.54, 1.807) is 12.5 Å². The zero-order valence-electron chi connectivity index (χ0n) is 16.5. The first-order valence-corrected chi connectivity index (χ1v) is 9.86. The molecule has 1 aromatic rings. The van der Waals surface area contributed by atoms with Gasteiger partial charge in [0.1, 0.15) is 0 Å². The highest BCUT2D eigenvalue weighted by atomic mass is 16.5. The van der Waals surface area contributed by atoms with Crippen LogP contribution in [0.15, 0.2) is 23.0 Å². The minimum atomic E-state index is 0.268. The van der Waals surface area contributed by atoms with Crippen LogP contribution in [0.4, 0.5) is 0 Å². The highest BCUT2D eigenvalue weighted by Crippen LogP contribution is 2.02. The molecule has 0 amide bonds. The summed E-state index contributed by atoms with van der Waals surface area (Å²) in [5, 5.41) is 17.9. The Kier molecular flexibility index (Phi) is 10.2. The van der Waals surface area contributed by atoms with Crippen molar-refractivity contribution in [1.82, 2.24) is 26.6 Å². The molecule has 5 N–H and O–H groups in total. The lowest BCUT2D eigenvalue weighted by molar-refractivity contribution is 0.0946. The molecule has 0 unspecified atom stereocenters. The maximum absolute atomic E-state index is 5.89. The Morgan fingerprint density at radius 3 is 2.58 bits per heavy atom. The van der Waals surface area contributed by atoms with E-state index >= 15 is 0 Å². The first-order valence-electron chi connectivity index (χ1n) is 9.86. The van der Waals surface area contributed by atoms with Crippen LogP contribution in [-0.4, -0.2) is 70.0 Å². The Hall–Kier alpha value is -0.960. The van der Waals surface area contributed by atoms with E-state index in [0.29, 0.717) is 31.3 Å². The van der Waals surface area contributed by atoms with Crippen molar-refractivity contribution in [3.05, 3.63) is 24.2 Å². The van der Waals surface area contributed by atoms with Gasteiger partial charge in [0.15, 0.2) is 0 Å². The second-order valence-corrected chi connectivity index (χ2v) is 7.44. The topological polar surface area (TPSA) is 82.5 Å². The molecule has 26 heavy (non-hydrogen) atoms. The molecule has 7 heteroatoms. The van der Waals surface area contributed by atoms with Gasteiger partial charge in [-0.2, -0.15) is 0 Å². The predicted molar refractivity (Wildman–Crippen MR) is 105 cm³/mol. The van der Waals surface area contributed by atoms with Crippen molar-refractivity contribution in [1.29, 1.82) is 0 Å². The van der Waals surface area contributed by atoms with Gasteiger partial charge in [0.05, 0.1) is 25.7 Å². The fourth-order valence-electron chi connectivity index (χ4n) is 3.04. The average molecular weight is 368 g/mol. The van der Waals surface area contributed by atoms with Crippen LogP contribution in [0.1, 0.15) is 26.3 Å². The van der Waals surface area contributed by atoms with Crippen molar-refractivity contribution in [2.45, 2.75) is 51.5 Å². The third-order valence-electron chi connectivity index (χ3n) is 4.55. The standard InChI is InChI=1S/C19H37N5O2/c1-15-9-21-11-19(14-26-13-18-4-7-25-12-18)24-17(3)10-23-16(2)8-20-5-6-22-15/h4,7,12,15-17,19-24H,5-6,8-11,13-14H2,1-3H3/t15-,16+,17-,19+/m1/s1. The highest BCUT2D eigenvalue weighted by Gasteiger charge is 2.14. The molecule has 0 bridgehead atoms. The zero-order valence-corrected chi connectivity index (χ0v) is 16.5. The number of hydrogen-bond acceptors (Lipinski definition) is 7. The van der Waals surface area contributed by atoms with Crippen LogP contribution in [0.3, 0.4) is 0 Å². The van der Waals surface area contributed by atoms with Gasteiger partial charge in [0.2, 0.25) is 0 Å². The predicted octanol–water partition coefficient (Wildman–Crippen LogP) is 0.292. The lowest BCUT2D eigenvalue weighted by Gasteiger charge is -2.25. The van der Waals surface area contributed by atoms with Gasteiger partial charge in [-0.3, -0.25) is 0 Å². The van der Waals surface area contributed by atoms with E-state index in [-0.39, 0.29) is 6.04 Å². The summed E-state index contributed by atoms with van der Waals surface area (Å²) in [4.78, 5) is 0. The Bertz CT molecular complexity index is 457. The molecule has 7 nitrogen and oxygen atoms in total. The van der Waals surface area contributed by atoms with Crippen molar-refractivity contribution in [3.8, 4) is 0 Å². The lowest BCUT2D eigenvalue weighted by Crippen LogP contribution is -2.51. The summed E-state index contributed by atoms with van der Waals surface area (Å²) in [7, 11) is 0. The van der Waals surface area contributed by atoms with Crippen molar-refractivity contribution in [3.63, 3.8) is 0 Å². The van der Waals surface area contributed by atoms with E-state index < -0.39 is 0 Å². The SMILES string of the molecule is C[C@@H]1CNC[C@@H](COCc2ccoc2)N[C@H](C)CN[C@@H](C)CNCCN1. The van der Waals surface area contributed by atoms with Crippen LogP contribution in [0.2, 0.25) is 0 Å². The Labute approximate surface area is 158 Å². The summed E-state index contributed by atoms with van der Waals surface area (Å²) >= 11 is 0. The van der Waals surface area contributed by atoms with Gasteiger partial charge in [-0.15, -0.1) is 0 Å². The normalized spacial score (nSPS) is 30.4. The second-order valence-electron chi connectivity index (χ2n) is 7.44. The van der Waals surface area contributed by atoms with E-state index in [1.165, 1.54) is 0 Å². The Morgan fingerprint density at radius 1 is 0.962 bits per heavy atom. The molecular formula is C19H37N5O2. The first-order chi connectivity index (χ1) is 12.6. The van der Waals surface area contributed by atoms with Gasteiger partial charge < -0.3 is 35.7 Å². The van der Waals surface area contributed by atoms with Crippen LogP contribution in [-0.2, 0) is 11.3 Å². The lowest BCUT2D eigenvalue weighted by atomic mass is 10.2. The van der Waals surface area contributed by atoms with Gasteiger partial charge in [-0.1, -0.05) is 0 Å². The number of ether oxygens (including phenoxy) is 1. The molecule has 1 aromatic heterocycles. The third kappa shape index (κ3) is 9.12. The number of hydrogen-bond donors (Lipinski definition) is 5. The van der Waals surface area contributed by atoms with Crippen molar-refractivity contribution < 1.29 is 9.15 Å². The van der Waals surface area contributed by atoms with Crippen LogP contribution < -0.4 is 26.6 Å². The Morgan fingerprint density at radius 2 is 1.77 bits per heavy atom. The van der Waals surface area contributed by atoms with Crippen LogP contribution in [0.5, 0.6) is 0 Å². The molecular weight excluding hydrogens is 330 g/mol. The van der Waals surface area contributed by atoms with E-state index in [9.17, 15) is 0 Å². The fourth-order valence-corrected chi connectivity index (χ4v) is 3.04. The second kappa shape index (κ2) is 12.4. The van der Waals surface area contributed by atoms with E-state index in [2.05, 4.69) is 47.4 Å². The van der Waals surface area contributed by atoms with Gasteiger partial charge in [-0.05, 0) is 26.8 Å². The molecule has 2 rings (SSSR count). The largest absolute Gasteiger partial charge is 0.472 e. The molecule has 2 heterocycles. The molecule has 1 aliphatic heterocycles. The fraction of sp³-hybridized carbons (Fsp3) is 0.789.